The lowest BCUT2D eigenvalue weighted by molar-refractivity contribution is -0.121. The number of hydrogen-bond acceptors (Lipinski definition) is 5. The number of hydrogen-bond donors (Lipinski definition) is 2. The molecule has 0 unspecified atom stereocenters. The quantitative estimate of drug-likeness (QED) is 0.479. The van der Waals surface area contributed by atoms with E-state index in [0.717, 1.165) is 35.3 Å². The highest BCUT2D eigenvalue weighted by molar-refractivity contribution is 6.34. The van der Waals surface area contributed by atoms with Crippen LogP contribution in [-0.4, -0.2) is 41.5 Å². The summed E-state index contributed by atoms with van der Waals surface area (Å²) in [4.78, 5) is 40.3. The van der Waals surface area contributed by atoms with Gasteiger partial charge in [-0.05, 0) is 82.2 Å². The number of amides is 3. The Morgan fingerprint density at radius 1 is 1.11 bits per heavy atom. The number of nitrogens with zero attached hydrogens (tertiary/aromatic N) is 1. The van der Waals surface area contributed by atoms with Crippen molar-refractivity contribution in [2.24, 2.45) is 5.92 Å². The molecule has 2 aromatic rings. The van der Waals surface area contributed by atoms with Crippen LogP contribution in [0.2, 0.25) is 5.02 Å². The average molecular weight is 542 g/mol. The van der Waals surface area contributed by atoms with Gasteiger partial charge in [-0.3, -0.25) is 9.59 Å². The molecule has 9 heteroatoms. The van der Waals surface area contributed by atoms with Crippen molar-refractivity contribution in [3.63, 3.8) is 0 Å². The van der Waals surface area contributed by atoms with Crippen molar-refractivity contribution in [2.75, 3.05) is 12.4 Å². The minimum Gasteiger partial charge on any atom is -0.496 e. The van der Waals surface area contributed by atoms with Crippen LogP contribution in [0.3, 0.4) is 0 Å². The molecule has 38 heavy (non-hydrogen) atoms. The van der Waals surface area contributed by atoms with Gasteiger partial charge < -0.3 is 25.0 Å². The summed E-state index contributed by atoms with van der Waals surface area (Å²) >= 11 is 6.43. The Balaban J connectivity index is 1.37. The molecule has 1 fully saturated rings. The number of rotatable bonds is 6. The van der Waals surface area contributed by atoms with Gasteiger partial charge in [-0.25, -0.2) is 4.79 Å². The molecule has 0 spiro atoms. The topological polar surface area (TPSA) is 97.0 Å². The molecule has 0 aromatic heterocycles. The zero-order chi connectivity index (χ0) is 27.6. The van der Waals surface area contributed by atoms with Crippen molar-refractivity contribution in [2.45, 2.75) is 78.1 Å². The summed E-state index contributed by atoms with van der Waals surface area (Å²) in [5, 5.41) is 6.18. The van der Waals surface area contributed by atoms with E-state index < -0.39 is 11.6 Å². The van der Waals surface area contributed by atoms with Gasteiger partial charge in [0.25, 0.3) is 5.91 Å². The van der Waals surface area contributed by atoms with Gasteiger partial charge in [0.2, 0.25) is 5.91 Å². The first-order valence-corrected chi connectivity index (χ1v) is 13.4. The Hall–Kier alpha value is -3.26. The van der Waals surface area contributed by atoms with Gasteiger partial charge in [0.05, 0.1) is 17.7 Å². The van der Waals surface area contributed by atoms with Gasteiger partial charge in [0.1, 0.15) is 12.4 Å². The Morgan fingerprint density at radius 2 is 1.82 bits per heavy atom. The normalized spacial score (nSPS) is 19.1. The maximum absolute atomic E-state index is 13.4. The van der Waals surface area contributed by atoms with Crippen LogP contribution in [0.5, 0.6) is 5.75 Å². The molecule has 1 aliphatic heterocycles. The van der Waals surface area contributed by atoms with Crippen molar-refractivity contribution < 1.29 is 23.9 Å². The van der Waals surface area contributed by atoms with E-state index >= 15 is 0 Å². The summed E-state index contributed by atoms with van der Waals surface area (Å²) in [6.07, 6.45) is 2.33. The molecule has 1 aliphatic carbocycles. The van der Waals surface area contributed by atoms with Crippen LogP contribution >= 0.6 is 11.6 Å². The van der Waals surface area contributed by atoms with E-state index in [1.807, 2.05) is 56.9 Å². The second-order valence-electron chi connectivity index (χ2n) is 11.1. The van der Waals surface area contributed by atoms with Crippen LogP contribution < -0.4 is 15.4 Å². The molecule has 0 saturated heterocycles. The highest BCUT2D eigenvalue weighted by Crippen LogP contribution is 2.37. The van der Waals surface area contributed by atoms with E-state index in [2.05, 4.69) is 10.6 Å². The molecule has 0 atom stereocenters. The lowest BCUT2D eigenvalue weighted by Gasteiger charge is -2.34. The Labute approximate surface area is 229 Å². The number of alkyl carbamates (subject to hydrolysis) is 1. The zero-order valence-corrected chi connectivity index (χ0v) is 23.4. The lowest BCUT2D eigenvalue weighted by atomic mass is 9.84. The fraction of sp³-hybridized carbons (Fsp3) is 0.483. The van der Waals surface area contributed by atoms with E-state index in [0.29, 0.717) is 35.7 Å². The predicted molar refractivity (Wildman–Crippen MR) is 147 cm³/mol. The lowest BCUT2D eigenvalue weighted by Crippen LogP contribution is -2.40. The van der Waals surface area contributed by atoms with Crippen LogP contribution in [0.25, 0.3) is 0 Å². The van der Waals surface area contributed by atoms with Gasteiger partial charge in [0.15, 0.2) is 0 Å². The Morgan fingerprint density at radius 3 is 2.47 bits per heavy atom. The summed E-state index contributed by atoms with van der Waals surface area (Å²) in [7, 11) is 1.61. The molecule has 1 saturated carbocycles. The zero-order valence-electron chi connectivity index (χ0n) is 22.7. The molecule has 2 aliphatic rings. The van der Waals surface area contributed by atoms with Crippen molar-refractivity contribution in [3.05, 3.63) is 57.6 Å². The van der Waals surface area contributed by atoms with E-state index in [9.17, 15) is 14.4 Å². The molecule has 8 nitrogen and oxygen atoms in total. The number of carbonyl (C=O) groups is 3. The van der Waals surface area contributed by atoms with Gasteiger partial charge in [0, 0.05) is 35.8 Å². The van der Waals surface area contributed by atoms with Crippen molar-refractivity contribution in [1.82, 2.24) is 10.2 Å². The average Bonchev–Trinajstić information content (AvgIpc) is 3.22. The van der Waals surface area contributed by atoms with Crippen LogP contribution in [0, 0.1) is 12.8 Å². The molecule has 4 rings (SSSR count). The highest BCUT2D eigenvalue weighted by atomic mass is 35.5. The third-order valence-electron chi connectivity index (χ3n) is 7.18. The van der Waals surface area contributed by atoms with Gasteiger partial charge >= 0.3 is 6.09 Å². The summed E-state index contributed by atoms with van der Waals surface area (Å²) in [5.74, 6) is 0.497. The Bertz CT molecular complexity index is 1230. The molecule has 0 bridgehead atoms. The number of carbonyl (C=O) groups excluding carboxylic acids is 3. The maximum Gasteiger partial charge on any atom is 0.407 e. The van der Waals surface area contributed by atoms with E-state index in [4.69, 9.17) is 21.1 Å². The number of halogens is 1. The third kappa shape index (κ3) is 6.23. The van der Waals surface area contributed by atoms with E-state index in [1.54, 1.807) is 13.2 Å². The number of fused-ring (bicyclic) bond motifs is 1. The van der Waals surface area contributed by atoms with Crippen LogP contribution in [0.15, 0.2) is 30.3 Å². The minimum atomic E-state index is -0.511. The molecule has 204 valence electrons. The molecule has 0 radical (unpaired) electrons. The molecule has 3 amide bonds. The first-order valence-electron chi connectivity index (χ1n) is 13.0. The molecule has 1 heterocycles. The maximum atomic E-state index is 13.4. The summed E-state index contributed by atoms with van der Waals surface area (Å²) < 4.78 is 10.8. The third-order valence-corrected chi connectivity index (χ3v) is 7.50. The van der Waals surface area contributed by atoms with E-state index in [-0.39, 0.29) is 30.4 Å². The van der Waals surface area contributed by atoms with Crippen LogP contribution in [0.4, 0.5) is 10.5 Å². The highest BCUT2D eigenvalue weighted by Gasteiger charge is 2.38. The van der Waals surface area contributed by atoms with Gasteiger partial charge in [-0.15, -0.1) is 0 Å². The van der Waals surface area contributed by atoms with Crippen LogP contribution in [0.1, 0.15) is 73.5 Å². The summed E-state index contributed by atoms with van der Waals surface area (Å²) in [6, 6.07) is 9.14. The number of aryl methyl sites for hydroxylation is 1. The monoisotopic (exact) mass is 541 g/mol. The van der Waals surface area contributed by atoms with Crippen molar-refractivity contribution >= 4 is 35.2 Å². The largest absolute Gasteiger partial charge is 0.496 e. The number of methoxy groups -OCH3 is 1. The van der Waals surface area contributed by atoms with Crippen molar-refractivity contribution in [1.29, 1.82) is 0 Å². The Kier molecular flexibility index (Phi) is 8.21. The molecular formula is C29H36ClN3O5. The van der Waals surface area contributed by atoms with Gasteiger partial charge in [-0.1, -0.05) is 23.7 Å². The first kappa shape index (κ1) is 27.8. The fourth-order valence-corrected chi connectivity index (χ4v) is 5.43. The second kappa shape index (κ2) is 11.2. The van der Waals surface area contributed by atoms with E-state index in [1.165, 1.54) is 0 Å². The SMILES string of the molecule is COc1cc(NC(=O)C2CCC(N3Cc4c(COC(=O)NC(C)(C)C)ccc(Cl)c4C3=O)CC2)ccc1C. The molecule has 2 N–H and O–H groups in total. The van der Waals surface area contributed by atoms with Crippen molar-refractivity contribution in [3.8, 4) is 5.75 Å². The number of nitrogens with one attached hydrogen (secondary N) is 2. The standard InChI is InChI=1S/C29H36ClN3O5/c1-17-6-10-20(14-24(17)37-5)31-26(34)18-7-11-21(12-8-18)33-15-22-19(9-13-23(30)25(22)27(33)35)16-38-28(36)32-29(2,3)4/h6,9-10,13-14,18,21H,7-8,11-12,15-16H2,1-5H3,(H,31,34)(H,32,36). The smallest absolute Gasteiger partial charge is 0.407 e. The second-order valence-corrected chi connectivity index (χ2v) is 11.5. The van der Waals surface area contributed by atoms with Crippen LogP contribution in [-0.2, 0) is 22.7 Å². The molecule has 2 aromatic carbocycles. The first-order chi connectivity index (χ1) is 18.0. The number of ether oxygens (including phenoxy) is 2. The summed E-state index contributed by atoms with van der Waals surface area (Å²) in [6.45, 7) is 8.06. The number of anilines is 1. The number of benzene rings is 2. The van der Waals surface area contributed by atoms with Gasteiger partial charge in [-0.2, -0.15) is 0 Å². The predicted octanol–water partition coefficient (Wildman–Crippen LogP) is 5.84. The summed E-state index contributed by atoms with van der Waals surface area (Å²) in [5.41, 5.74) is 3.37. The fourth-order valence-electron chi connectivity index (χ4n) is 5.17. The minimum absolute atomic E-state index is 0.0126. The molecular weight excluding hydrogens is 506 g/mol.